The molecule has 0 atom stereocenters. The molecule has 0 saturated carbocycles. The molecule has 1 aliphatic heterocycles. The van der Waals surface area contributed by atoms with Gasteiger partial charge < -0.3 is 15.1 Å². The lowest BCUT2D eigenvalue weighted by molar-refractivity contribution is 0.400. The predicted molar refractivity (Wildman–Crippen MR) is 130 cm³/mol. The SMILES string of the molecule is CN=C(NCc1ccccc1CN(C)C)N1CC=C(c2ccccc2)CC1.I. The van der Waals surface area contributed by atoms with Crippen molar-refractivity contribution < 1.29 is 0 Å². The summed E-state index contributed by atoms with van der Waals surface area (Å²) in [6, 6.07) is 19.3. The maximum Gasteiger partial charge on any atom is 0.194 e. The van der Waals surface area contributed by atoms with Crippen molar-refractivity contribution in [1.29, 1.82) is 0 Å². The fourth-order valence-electron chi connectivity index (χ4n) is 3.51. The zero-order valence-electron chi connectivity index (χ0n) is 17.1. The molecule has 28 heavy (non-hydrogen) atoms. The quantitative estimate of drug-likeness (QED) is 0.387. The Morgan fingerprint density at radius 3 is 2.32 bits per heavy atom. The molecule has 0 bridgehead atoms. The molecule has 1 aliphatic rings. The molecule has 150 valence electrons. The van der Waals surface area contributed by atoms with Crippen LogP contribution in [0.4, 0.5) is 0 Å². The third kappa shape index (κ3) is 6.07. The van der Waals surface area contributed by atoms with Crippen molar-refractivity contribution in [1.82, 2.24) is 15.1 Å². The molecule has 0 radical (unpaired) electrons. The summed E-state index contributed by atoms with van der Waals surface area (Å²) in [5.74, 6) is 0.970. The normalized spacial score (nSPS) is 14.5. The molecule has 0 spiro atoms. The molecule has 0 aromatic heterocycles. The second kappa shape index (κ2) is 11.2. The molecule has 3 rings (SSSR count). The third-order valence-corrected chi connectivity index (χ3v) is 4.91. The first-order valence-corrected chi connectivity index (χ1v) is 9.59. The van der Waals surface area contributed by atoms with Gasteiger partial charge in [-0.25, -0.2) is 0 Å². The number of halogens is 1. The second-order valence-corrected chi connectivity index (χ2v) is 7.20. The Morgan fingerprint density at radius 1 is 1.04 bits per heavy atom. The van der Waals surface area contributed by atoms with Crippen molar-refractivity contribution in [2.75, 3.05) is 34.2 Å². The summed E-state index contributed by atoms with van der Waals surface area (Å²) in [6.07, 6.45) is 3.37. The van der Waals surface area contributed by atoms with E-state index in [4.69, 9.17) is 0 Å². The van der Waals surface area contributed by atoms with Crippen LogP contribution < -0.4 is 5.32 Å². The van der Waals surface area contributed by atoms with Crippen LogP contribution in [0.2, 0.25) is 0 Å². The van der Waals surface area contributed by atoms with Gasteiger partial charge in [-0.2, -0.15) is 0 Å². The number of guanidine groups is 1. The number of hydrogen-bond acceptors (Lipinski definition) is 2. The highest BCUT2D eigenvalue weighted by Gasteiger charge is 2.16. The molecule has 2 aromatic carbocycles. The summed E-state index contributed by atoms with van der Waals surface area (Å²) in [5.41, 5.74) is 5.44. The van der Waals surface area contributed by atoms with Gasteiger partial charge in [-0.1, -0.05) is 60.7 Å². The minimum Gasteiger partial charge on any atom is -0.352 e. The van der Waals surface area contributed by atoms with Crippen molar-refractivity contribution in [3.05, 3.63) is 77.4 Å². The van der Waals surface area contributed by atoms with Gasteiger partial charge in [0.15, 0.2) is 5.96 Å². The molecule has 1 heterocycles. The van der Waals surface area contributed by atoms with Crippen molar-refractivity contribution in [2.24, 2.45) is 4.99 Å². The predicted octanol–water partition coefficient (Wildman–Crippen LogP) is 4.23. The van der Waals surface area contributed by atoms with Crippen LogP contribution in [0.25, 0.3) is 5.57 Å². The van der Waals surface area contributed by atoms with E-state index in [1.54, 1.807) is 0 Å². The Bertz CT molecular complexity index is 799. The van der Waals surface area contributed by atoms with Crippen LogP contribution in [0.15, 0.2) is 65.7 Å². The Kier molecular flexibility index (Phi) is 8.99. The van der Waals surface area contributed by atoms with Gasteiger partial charge in [0.25, 0.3) is 0 Å². The summed E-state index contributed by atoms with van der Waals surface area (Å²) >= 11 is 0. The smallest absolute Gasteiger partial charge is 0.194 e. The first-order chi connectivity index (χ1) is 13.2. The molecular weight excluding hydrogens is 459 g/mol. The van der Waals surface area contributed by atoms with Crippen LogP contribution in [-0.4, -0.2) is 50.0 Å². The third-order valence-electron chi connectivity index (χ3n) is 4.91. The Labute approximate surface area is 186 Å². The van der Waals surface area contributed by atoms with Gasteiger partial charge in [0, 0.05) is 33.2 Å². The monoisotopic (exact) mass is 490 g/mol. The number of nitrogens with one attached hydrogen (secondary N) is 1. The summed E-state index contributed by atoms with van der Waals surface area (Å²) in [6.45, 7) is 3.62. The summed E-state index contributed by atoms with van der Waals surface area (Å²) in [7, 11) is 6.07. The van der Waals surface area contributed by atoms with Crippen LogP contribution in [0.3, 0.4) is 0 Å². The number of benzene rings is 2. The van der Waals surface area contributed by atoms with Crippen molar-refractivity contribution >= 4 is 35.5 Å². The Hall–Kier alpha value is -1.86. The first-order valence-electron chi connectivity index (χ1n) is 9.59. The average Bonchev–Trinajstić information content (AvgIpc) is 2.70. The molecule has 5 heteroatoms. The van der Waals surface area contributed by atoms with Crippen LogP contribution in [-0.2, 0) is 13.1 Å². The van der Waals surface area contributed by atoms with E-state index >= 15 is 0 Å². The maximum absolute atomic E-state index is 4.51. The molecule has 4 nitrogen and oxygen atoms in total. The molecular formula is C23H31IN4. The highest BCUT2D eigenvalue weighted by molar-refractivity contribution is 14.0. The molecule has 0 unspecified atom stereocenters. The van der Waals surface area contributed by atoms with Crippen molar-refractivity contribution in [2.45, 2.75) is 19.5 Å². The fourth-order valence-corrected chi connectivity index (χ4v) is 3.51. The largest absolute Gasteiger partial charge is 0.352 e. The van der Waals surface area contributed by atoms with Crippen LogP contribution in [0.5, 0.6) is 0 Å². The van der Waals surface area contributed by atoms with Crippen LogP contribution in [0, 0.1) is 0 Å². The minimum atomic E-state index is 0. The van der Waals surface area contributed by atoms with Gasteiger partial charge in [0.1, 0.15) is 0 Å². The van der Waals surface area contributed by atoms with Gasteiger partial charge in [0.05, 0.1) is 0 Å². The molecule has 2 aromatic rings. The fraction of sp³-hybridized carbons (Fsp3) is 0.348. The Morgan fingerprint density at radius 2 is 1.71 bits per heavy atom. The molecule has 0 amide bonds. The van der Waals surface area contributed by atoms with Gasteiger partial charge >= 0.3 is 0 Å². The summed E-state index contributed by atoms with van der Waals surface area (Å²) < 4.78 is 0. The Balaban J connectivity index is 0.00000280. The van der Waals surface area contributed by atoms with E-state index in [0.29, 0.717) is 0 Å². The van der Waals surface area contributed by atoms with E-state index in [-0.39, 0.29) is 24.0 Å². The molecule has 0 aliphatic carbocycles. The van der Waals surface area contributed by atoms with E-state index in [1.807, 2.05) is 7.05 Å². The summed E-state index contributed by atoms with van der Waals surface area (Å²) in [5, 5.41) is 3.55. The topological polar surface area (TPSA) is 30.9 Å². The first kappa shape index (κ1) is 22.4. The average molecular weight is 490 g/mol. The summed E-state index contributed by atoms with van der Waals surface area (Å²) in [4.78, 5) is 9.03. The molecule has 0 saturated heterocycles. The molecule has 0 fully saturated rings. The van der Waals surface area contributed by atoms with Gasteiger partial charge in [-0.3, -0.25) is 4.99 Å². The standard InChI is InChI=1S/C23H30N4.HI/c1-24-23(25-17-21-11-7-8-12-22(21)18-26(2)3)27-15-13-20(14-16-27)19-9-5-4-6-10-19;/h4-13H,14-18H2,1-3H3,(H,24,25);1H. The number of aliphatic imine (C=N–C) groups is 1. The van der Waals surface area contributed by atoms with Gasteiger partial charge in [-0.05, 0) is 42.8 Å². The van der Waals surface area contributed by atoms with Crippen LogP contribution >= 0.6 is 24.0 Å². The van der Waals surface area contributed by atoms with E-state index in [2.05, 4.69) is 94.9 Å². The zero-order valence-corrected chi connectivity index (χ0v) is 19.4. The molecule has 1 N–H and O–H groups in total. The zero-order chi connectivity index (χ0) is 19.1. The maximum atomic E-state index is 4.51. The van der Waals surface area contributed by atoms with Crippen molar-refractivity contribution in [3.63, 3.8) is 0 Å². The van der Waals surface area contributed by atoms with E-state index in [9.17, 15) is 0 Å². The number of rotatable bonds is 5. The highest BCUT2D eigenvalue weighted by Crippen LogP contribution is 2.22. The lowest BCUT2D eigenvalue weighted by Gasteiger charge is -2.30. The van der Waals surface area contributed by atoms with E-state index < -0.39 is 0 Å². The highest BCUT2D eigenvalue weighted by atomic mass is 127. The minimum absolute atomic E-state index is 0. The lowest BCUT2D eigenvalue weighted by Crippen LogP contribution is -2.43. The lowest BCUT2D eigenvalue weighted by atomic mass is 10.00. The van der Waals surface area contributed by atoms with Crippen molar-refractivity contribution in [3.8, 4) is 0 Å². The van der Waals surface area contributed by atoms with E-state index in [0.717, 1.165) is 38.6 Å². The number of hydrogen-bond donors (Lipinski definition) is 1. The second-order valence-electron chi connectivity index (χ2n) is 7.20. The van der Waals surface area contributed by atoms with Gasteiger partial charge in [0.2, 0.25) is 0 Å². The van der Waals surface area contributed by atoms with Gasteiger partial charge in [-0.15, -0.1) is 24.0 Å². The van der Waals surface area contributed by atoms with Crippen LogP contribution in [0.1, 0.15) is 23.1 Å². The number of nitrogens with zero attached hydrogens (tertiary/aromatic N) is 3. The van der Waals surface area contributed by atoms with E-state index in [1.165, 1.54) is 22.3 Å².